The fourth-order valence-corrected chi connectivity index (χ4v) is 2.91. The van der Waals surface area contributed by atoms with Gasteiger partial charge in [0.15, 0.2) is 0 Å². The summed E-state index contributed by atoms with van der Waals surface area (Å²) in [6.07, 6.45) is 7.66. The van der Waals surface area contributed by atoms with E-state index in [1.165, 1.54) is 0 Å². The Morgan fingerprint density at radius 1 is 1.38 bits per heavy atom. The van der Waals surface area contributed by atoms with Crippen molar-refractivity contribution in [2.24, 2.45) is 7.05 Å². The first-order valence-corrected chi connectivity index (χ1v) is 8.17. The van der Waals surface area contributed by atoms with E-state index in [1.54, 1.807) is 30.3 Å². The van der Waals surface area contributed by atoms with E-state index in [9.17, 15) is 9.59 Å². The number of nitrogens with zero attached hydrogens (tertiary/aromatic N) is 4. The Bertz CT molecular complexity index is 685. The second kappa shape index (κ2) is 7.29. The molecule has 1 saturated heterocycles. The zero-order valence-electron chi connectivity index (χ0n) is 13.7. The highest BCUT2D eigenvalue weighted by atomic mass is 16.2. The van der Waals surface area contributed by atoms with Crippen molar-refractivity contribution in [1.82, 2.24) is 30.2 Å². The van der Waals surface area contributed by atoms with E-state index in [2.05, 4.69) is 20.6 Å². The summed E-state index contributed by atoms with van der Waals surface area (Å²) < 4.78 is 1.62. The number of hydrogen-bond donors (Lipinski definition) is 2. The number of nitrogens with one attached hydrogen (secondary N) is 2. The molecule has 2 N–H and O–H groups in total. The Kier molecular flexibility index (Phi) is 4.93. The van der Waals surface area contributed by atoms with Gasteiger partial charge in [-0.15, -0.1) is 0 Å². The monoisotopic (exact) mass is 330 g/mol. The summed E-state index contributed by atoms with van der Waals surface area (Å²) in [5.41, 5.74) is 1.57. The van der Waals surface area contributed by atoms with Crippen LogP contribution in [0.4, 0.5) is 0 Å². The fraction of sp³-hybridized carbons (Fsp3) is 0.500. The molecule has 2 aromatic heterocycles. The Labute approximate surface area is 140 Å². The number of aryl methyl sites for hydroxylation is 2. The highest BCUT2D eigenvalue weighted by Crippen LogP contribution is 2.14. The van der Waals surface area contributed by atoms with Crippen molar-refractivity contribution in [2.45, 2.75) is 31.7 Å². The van der Waals surface area contributed by atoms with Crippen LogP contribution in [0.25, 0.3) is 0 Å². The smallest absolute Gasteiger partial charge is 0.257 e. The number of aromatic amines is 1. The van der Waals surface area contributed by atoms with Crippen LogP contribution in [0.1, 0.15) is 35.3 Å². The van der Waals surface area contributed by atoms with Crippen molar-refractivity contribution in [3.8, 4) is 0 Å². The highest BCUT2D eigenvalue weighted by Gasteiger charge is 2.25. The fourth-order valence-electron chi connectivity index (χ4n) is 2.91. The summed E-state index contributed by atoms with van der Waals surface area (Å²) in [5, 5.41) is 13.8. The summed E-state index contributed by atoms with van der Waals surface area (Å²) in [4.78, 5) is 26.2. The first kappa shape index (κ1) is 16.2. The van der Waals surface area contributed by atoms with Crippen molar-refractivity contribution in [2.75, 3.05) is 13.1 Å². The third kappa shape index (κ3) is 4.01. The summed E-state index contributed by atoms with van der Waals surface area (Å²) in [6, 6.07) is 2.01. The lowest BCUT2D eigenvalue weighted by atomic mass is 10.0. The molecular weight excluding hydrogens is 308 g/mol. The maximum absolute atomic E-state index is 12.4. The zero-order chi connectivity index (χ0) is 16.9. The Balaban J connectivity index is 1.41. The maximum Gasteiger partial charge on any atom is 0.257 e. The Morgan fingerprint density at radius 3 is 2.79 bits per heavy atom. The molecule has 8 nitrogen and oxygen atoms in total. The number of carbonyl (C=O) groups excluding carboxylic acids is 2. The van der Waals surface area contributed by atoms with Gasteiger partial charge in [-0.1, -0.05) is 0 Å². The summed E-state index contributed by atoms with van der Waals surface area (Å²) in [7, 11) is 1.79. The second-order valence-corrected chi connectivity index (χ2v) is 6.12. The molecule has 0 aromatic carbocycles. The molecule has 128 valence electrons. The van der Waals surface area contributed by atoms with E-state index in [0.29, 0.717) is 31.5 Å². The van der Waals surface area contributed by atoms with E-state index in [-0.39, 0.29) is 17.9 Å². The lowest BCUT2D eigenvalue weighted by molar-refractivity contribution is -0.122. The summed E-state index contributed by atoms with van der Waals surface area (Å²) >= 11 is 0. The van der Waals surface area contributed by atoms with Gasteiger partial charge < -0.3 is 10.2 Å². The van der Waals surface area contributed by atoms with Gasteiger partial charge in [-0.05, 0) is 25.3 Å². The van der Waals surface area contributed by atoms with E-state index in [4.69, 9.17) is 0 Å². The molecule has 3 heterocycles. The average molecular weight is 330 g/mol. The van der Waals surface area contributed by atoms with E-state index in [1.807, 2.05) is 11.0 Å². The molecule has 2 aromatic rings. The number of rotatable bonds is 5. The molecular formula is C16H22N6O2. The van der Waals surface area contributed by atoms with Crippen molar-refractivity contribution in [3.05, 3.63) is 35.9 Å². The number of carbonyl (C=O) groups is 2. The SMILES string of the molecule is Cn1cc(C(=O)N2CCC(NC(=O)CCc3ccn[nH]3)CC2)cn1. The second-order valence-electron chi connectivity index (χ2n) is 6.12. The Hall–Kier alpha value is -2.64. The van der Waals surface area contributed by atoms with Gasteiger partial charge >= 0.3 is 0 Å². The van der Waals surface area contributed by atoms with Crippen LogP contribution in [-0.4, -0.2) is 55.8 Å². The van der Waals surface area contributed by atoms with Crippen LogP contribution < -0.4 is 5.32 Å². The van der Waals surface area contributed by atoms with E-state index in [0.717, 1.165) is 18.5 Å². The highest BCUT2D eigenvalue weighted by molar-refractivity contribution is 5.93. The van der Waals surface area contributed by atoms with Crippen LogP contribution in [0.5, 0.6) is 0 Å². The number of piperidine rings is 1. The molecule has 0 atom stereocenters. The van der Waals surface area contributed by atoms with Crippen LogP contribution in [0.15, 0.2) is 24.7 Å². The molecule has 0 spiro atoms. The standard InChI is InChI=1S/C16H22N6O2/c1-21-11-12(10-18-21)16(24)22-8-5-13(6-9-22)19-15(23)3-2-14-4-7-17-20-14/h4,7,10-11,13H,2-3,5-6,8-9H2,1H3,(H,17,20)(H,19,23). The molecule has 0 aliphatic carbocycles. The maximum atomic E-state index is 12.4. The number of hydrogen-bond acceptors (Lipinski definition) is 4. The minimum atomic E-state index is 0.00659. The molecule has 3 rings (SSSR count). The van der Waals surface area contributed by atoms with Crippen LogP contribution in [0.3, 0.4) is 0 Å². The first-order valence-electron chi connectivity index (χ1n) is 8.17. The molecule has 0 radical (unpaired) electrons. The van der Waals surface area contributed by atoms with Crippen LogP contribution >= 0.6 is 0 Å². The number of H-pyrrole nitrogens is 1. The van der Waals surface area contributed by atoms with Gasteiger partial charge in [0.1, 0.15) is 0 Å². The molecule has 1 fully saturated rings. The van der Waals surface area contributed by atoms with Gasteiger partial charge in [-0.3, -0.25) is 19.4 Å². The summed E-state index contributed by atoms with van der Waals surface area (Å²) in [5.74, 6) is 0.0498. The number of amides is 2. The topological polar surface area (TPSA) is 95.9 Å². The van der Waals surface area contributed by atoms with Crippen molar-refractivity contribution >= 4 is 11.8 Å². The van der Waals surface area contributed by atoms with E-state index >= 15 is 0 Å². The quantitative estimate of drug-likeness (QED) is 0.834. The molecule has 0 unspecified atom stereocenters. The minimum absolute atomic E-state index is 0.00659. The van der Waals surface area contributed by atoms with Gasteiger partial charge in [-0.25, -0.2) is 0 Å². The van der Waals surface area contributed by atoms with Gasteiger partial charge in [0.25, 0.3) is 5.91 Å². The van der Waals surface area contributed by atoms with E-state index < -0.39 is 0 Å². The zero-order valence-corrected chi connectivity index (χ0v) is 13.7. The molecule has 1 aliphatic rings. The van der Waals surface area contributed by atoms with Gasteiger partial charge in [0.2, 0.25) is 5.91 Å². The molecule has 2 amide bonds. The van der Waals surface area contributed by atoms with Gasteiger partial charge in [0.05, 0.1) is 11.8 Å². The average Bonchev–Trinajstić information content (AvgIpc) is 3.24. The predicted molar refractivity (Wildman–Crippen MR) is 87.2 cm³/mol. The lowest BCUT2D eigenvalue weighted by Gasteiger charge is -2.32. The van der Waals surface area contributed by atoms with Gasteiger partial charge in [-0.2, -0.15) is 10.2 Å². The minimum Gasteiger partial charge on any atom is -0.353 e. The van der Waals surface area contributed by atoms with Crippen molar-refractivity contribution in [1.29, 1.82) is 0 Å². The largest absolute Gasteiger partial charge is 0.353 e. The number of likely N-dealkylation sites (tertiary alicyclic amines) is 1. The molecule has 1 aliphatic heterocycles. The summed E-state index contributed by atoms with van der Waals surface area (Å²) in [6.45, 7) is 1.30. The third-order valence-electron chi connectivity index (χ3n) is 4.28. The van der Waals surface area contributed by atoms with Crippen molar-refractivity contribution in [3.63, 3.8) is 0 Å². The van der Waals surface area contributed by atoms with Crippen LogP contribution in [0.2, 0.25) is 0 Å². The Morgan fingerprint density at radius 2 is 2.17 bits per heavy atom. The predicted octanol–water partition coefficient (Wildman–Crippen LogP) is 0.497. The van der Waals surface area contributed by atoms with Crippen molar-refractivity contribution < 1.29 is 9.59 Å². The van der Waals surface area contributed by atoms with Crippen LogP contribution in [-0.2, 0) is 18.3 Å². The molecule has 8 heteroatoms. The lowest BCUT2D eigenvalue weighted by Crippen LogP contribution is -2.46. The normalized spacial score (nSPS) is 15.5. The number of aromatic nitrogens is 4. The van der Waals surface area contributed by atoms with Crippen LogP contribution in [0, 0.1) is 0 Å². The molecule has 0 bridgehead atoms. The molecule has 0 saturated carbocycles. The molecule has 24 heavy (non-hydrogen) atoms. The third-order valence-corrected chi connectivity index (χ3v) is 4.28. The van der Waals surface area contributed by atoms with Gasteiger partial charge in [0, 0.05) is 50.7 Å². The first-order chi connectivity index (χ1) is 11.6.